The molecule has 0 radical (unpaired) electrons. The number of carbonyl (C=O) groups is 3. The van der Waals surface area contributed by atoms with Gasteiger partial charge < -0.3 is 4.84 Å². The van der Waals surface area contributed by atoms with Crippen LogP contribution in [-0.2, 0) is 14.4 Å². The van der Waals surface area contributed by atoms with Gasteiger partial charge >= 0.3 is 5.97 Å². The van der Waals surface area contributed by atoms with Crippen LogP contribution in [0.15, 0.2) is 4.63 Å². The van der Waals surface area contributed by atoms with Crippen LogP contribution in [0.1, 0.15) is 47.8 Å². The summed E-state index contributed by atoms with van der Waals surface area (Å²) in [5, 5.41) is 7.58. The molecule has 2 amide bonds. The minimum Gasteiger partial charge on any atom is -0.323 e. The number of rotatable bonds is 3. The summed E-state index contributed by atoms with van der Waals surface area (Å²) >= 11 is 0. The van der Waals surface area contributed by atoms with Crippen molar-refractivity contribution in [3.05, 3.63) is 11.4 Å². The first-order valence-electron chi connectivity index (χ1n) is 5.57. The van der Waals surface area contributed by atoms with Gasteiger partial charge in [0, 0.05) is 18.8 Å². The lowest BCUT2D eigenvalue weighted by Crippen LogP contribution is -2.32. The van der Waals surface area contributed by atoms with Gasteiger partial charge in [-0.3, -0.25) is 9.59 Å². The van der Waals surface area contributed by atoms with E-state index in [9.17, 15) is 14.4 Å². The number of aromatic nitrogens is 2. The van der Waals surface area contributed by atoms with Crippen LogP contribution in [0.2, 0.25) is 0 Å². The van der Waals surface area contributed by atoms with Crippen LogP contribution >= 0.6 is 0 Å². The lowest BCUT2D eigenvalue weighted by atomic mass is 10.2. The number of hydrogen-bond acceptors (Lipinski definition) is 7. The van der Waals surface area contributed by atoms with Crippen molar-refractivity contribution in [3.63, 3.8) is 0 Å². The fraction of sp³-hybridized carbons (Fsp3) is 0.500. The second kappa shape index (κ2) is 3.90. The molecule has 0 N–H and O–H groups in total. The van der Waals surface area contributed by atoms with Gasteiger partial charge in [-0.2, -0.15) is 0 Å². The molecule has 1 saturated carbocycles. The van der Waals surface area contributed by atoms with Crippen molar-refractivity contribution < 1.29 is 23.9 Å². The molecule has 2 aliphatic rings. The Kier molecular flexibility index (Phi) is 2.35. The van der Waals surface area contributed by atoms with Crippen molar-refractivity contribution in [2.24, 2.45) is 0 Å². The van der Waals surface area contributed by atoms with Gasteiger partial charge in [-0.05, 0) is 18.0 Å². The second-order valence-electron chi connectivity index (χ2n) is 4.23. The summed E-state index contributed by atoms with van der Waals surface area (Å²) in [5.41, 5.74) is 0.365. The molecule has 0 unspecified atom stereocenters. The van der Waals surface area contributed by atoms with E-state index in [0.717, 1.165) is 12.8 Å². The Bertz CT molecular complexity index is 517. The predicted molar refractivity (Wildman–Crippen MR) is 52.8 cm³/mol. The molecule has 1 aliphatic carbocycles. The van der Waals surface area contributed by atoms with Crippen molar-refractivity contribution in [3.8, 4) is 0 Å². The molecule has 1 aliphatic heterocycles. The van der Waals surface area contributed by atoms with Crippen molar-refractivity contribution >= 4 is 17.8 Å². The molecule has 2 heterocycles. The van der Waals surface area contributed by atoms with Crippen LogP contribution in [0.5, 0.6) is 0 Å². The molecule has 8 nitrogen and oxygen atoms in total. The summed E-state index contributed by atoms with van der Waals surface area (Å²) < 4.78 is 4.50. The van der Waals surface area contributed by atoms with Crippen LogP contribution in [0.4, 0.5) is 0 Å². The average molecular weight is 251 g/mol. The fourth-order valence-electron chi connectivity index (χ4n) is 1.75. The third kappa shape index (κ3) is 1.75. The van der Waals surface area contributed by atoms with Gasteiger partial charge in [0.25, 0.3) is 11.8 Å². The van der Waals surface area contributed by atoms with Gasteiger partial charge in [-0.25, -0.2) is 9.42 Å². The minimum absolute atomic E-state index is 0.0542. The van der Waals surface area contributed by atoms with E-state index in [4.69, 9.17) is 4.84 Å². The first kappa shape index (κ1) is 10.9. The Hall–Kier alpha value is -2.25. The number of hydroxylamine groups is 2. The Morgan fingerprint density at radius 2 is 1.89 bits per heavy atom. The monoisotopic (exact) mass is 251 g/mol. The van der Waals surface area contributed by atoms with Crippen LogP contribution in [0.3, 0.4) is 0 Å². The summed E-state index contributed by atoms with van der Waals surface area (Å²) in [7, 11) is 0. The molecule has 3 rings (SSSR count). The minimum atomic E-state index is -0.887. The highest BCUT2D eigenvalue weighted by atomic mass is 16.7. The maximum atomic E-state index is 11.8. The molecule has 0 atom stereocenters. The van der Waals surface area contributed by atoms with Crippen molar-refractivity contribution in [2.75, 3.05) is 0 Å². The van der Waals surface area contributed by atoms with E-state index in [2.05, 4.69) is 14.9 Å². The molecule has 0 aromatic carbocycles. The fourth-order valence-corrected chi connectivity index (χ4v) is 1.75. The maximum absolute atomic E-state index is 11.8. The van der Waals surface area contributed by atoms with E-state index in [-0.39, 0.29) is 24.5 Å². The average Bonchev–Trinajstić information content (AvgIpc) is 3.01. The zero-order valence-corrected chi connectivity index (χ0v) is 9.29. The third-order valence-corrected chi connectivity index (χ3v) is 2.85. The zero-order chi connectivity index (χ0) is 12.7. The molecular formula is C10H9N3O5. The largest absolute Gasteiger partial charge is 0.387 e. The van der Waals surface area contributed by atoms with Gasteiger partial charge in [0.2, 0.25) is 5.69 Å². The third-order valence-electron chi connectivity index (χ3n) is 2.85. The number of carbonyl (C=O) groups excluding carboxylic acids is 3. The molecule has 18 heavy (non-hydrogen) atoms. The van der Waals surface area contributed by atoms with Crippen molar-refractivity contribution in [2.45, 2.75) is 31.6 Å². The molecule has 0 spiro atoms. The van der Waals surface area contributed by atoms with Gasteiger partial charge in [-0.1, -0.05) is 5.16 Å². The van der Waals surface area contributed by atoms with E-state index in [1.165, 1.54) is 0 Å². The Balaban J connectivity index is 1.76. The van der Waals surface area contributed by atoms with Gasteiger partial charge in [0.15, 0.2) is 0 Å². The standard InChI is InChI=1S/C10H9N3O5/c14-6-3-4-7(15)13(6)17-10(16)9-8(5-1-2-5)11-18-12-9/h5H,1-4H2. The molecule has 2 fully saturated rings. The molecule has 94 valence electrons. The van der Waals surface area contributed by atoms with Crippen molar-refractivity contribution in [1.82, 2.24) is 15.4 Å². The molecule has 1 saturated heterocycles. The van der Waals surface area contributed by atoms with Gasteiger partial charge in [0.1, 0.15) is 5.69 Å². The topological polar surface area (TPSA) is 103 Å². The Morgan fingerprint density at radius 3 is 2.50 bits per heavy atom. The first-order chi connectivity index (χ1) is 8.66. The van der Waals surface area contributed by atoms with E-state index in [0.29, 0.717) is 10.8 Å². The predicted octanol–water partition coefficient (Wildman–Crippen LogP) is 0.168. The highest BCUT2D eigenvalue weighted by Gasteiger charge is 2.37. The summed E-state index contributed by atoms with van der Waals surface area (Å²) in [6.45, 7) is 0. The normalized spacial score (nSPS) is 19.4. The van der Waals surface area contributed by atoms with E-state index >= 15 is 0 Å². The van der Waals surface area contributed by atoms with Crippen LogP contribution < -0.4 is 0 Å². The molecule has 1 aromatic heterocycles. The SMILES string of the molecule is O=C(ON1C(=O)CCC1=O)c1nonc1C1CC1. The van der Waals surface area contributed by atoms with Crippen LogP contribution in [0.25, 0.3) is 0 Å². The first-order valence-corrected chi connectivity index (χ1v) is 5.57. The quantitative estimate of drug-likeness (QED) is 0.705. The zero-order valence-electron chi connectivity index (χ0n) is 9.29. The smallest absolute Gasteiger partial charge is 0.323 e. The summed E-state index contributed by atoms with van der Waals surface area (Å²) in [6, 6.07) is 0. The van der Waals surface area contributed by atoms with Crippen LogP contribution in [0, 0.1) is 0 Å². The summed E-state index contributed by atoms with van der Waals surface area (Å²) in [6.07, 6.45) is 1.93. The second-order valence-corrected chi connectivity index (χ2v) is 4.23. The van der Waals surface area contributed by atoms with Crippen LogP contribution in [-0.4, -0.2) is 33.2 Å². The summed E-state index contributed by atoms with van der Waals surface area (Å²) in [4.78, 5) is 39.1. The van der Waals surface area contributed by atoms with E-state index < -0.39 is 17.8 Å². The number of imide groups is 1. The van der Waals surface area contributed by atoms with Gasteiger partial charge in [-0.15, -0.1) is 5.06 Å². The molecule has 8 heteroatoms. The van der Waals surface area contributed by atoms with E-state index in [1.807, 2.05) is 0 Å². The maximum Gasteiger partial charge on any atom is 0.387 e. The molecular weight excluding hydrogens is 242 g/mol. The number of hydrogen-bond donors (Lipinski definition) is 0. The summed E-state index contributed by atoms with van der Waals surface area (Å²) in [5.74, 6) is -1.79. The molecule has 1 aromatic rings. The highest BCUT2D eigenvalue weighted by molar-refractivity contribution is 6.02. The number of amides is 2. The molecule has 0 bridgehead atoms. The highest BCUT2D eigenvalue weighted by Crippen LogP contribution is 2.40. The van der Waals surface area contributed by atoms with Crippen molar-refractivity contribution in [1.29, 1.82) is 0 Å². The Labute approximate surface area is 101 Å². The van der Waals surface area contributed by atoms with E-state index in [1.54, 1.807) is 0 Å². The number of nitrogens with zero attached hydrogens (tertiary/aromatic N) is 3. The lowest BCUT2D eigenvalue weighted by Gasteiger charge is -2.11. The van der Waals surface area contributed by atoms with Gasteiger partial charge in [0.05, 0.1) is 0 Å². The lowest BCUT2D eigenvalue weighted by molar-refractivity contribution is -0.172. The Morgan fingerprint density at radius 1 is 1.22 bits per heavy atom.